The highest BCUT2D eigenvalue weighted by molar-refractivity contribution is 5.19. The van der Waals surface area contributed by atoms with Gasteiger partial charge in [0.25, 0.3) is 0 Å². The van der Waals surface area contributed by atoms with Crippen molar-refractivity contribution >= 4 is 0 Å². The third-order valence-electron chi connectivity index (χ3n) is 4.22. The third-order valence-corrected chi connectivity index (χ3v) is 4.22. The van der Waals surface area contributed by atoms with E-state index in [4.69, 9.17) is 4.42 Å². The van der Waals surface area contributed by atoms with E-state index in [0.717, 1.165) is 31.5 Å². The van der Waals surface area contributed by atoms with Crippen molar-refractivity contribution in [2.45, 2.75) is 32.4 Å². The van der Waals surface area contributed by atoms with Crippen LogP contribution in [0.1, 0.15) is 36.3 Å². The van der Waals surface area contributed by atoms with E-state index in [1.54, 1.807) is 19.1 Å². The number of aromatic nitrogens is 2. The average Bonchev–Trinajstić information content (AvgIpc) is 2.93. The number of hydrogen-bond acceptors (Lipinski definition) is 5. The second-order valence-electron chi connectivity index (χ2n) is 5.82. The van der Waals surface area contributed by atoms with Gasteiger partial charge in [0, 0.05) is 6.92 Å². The van der Waals surface area contributed by atoms with Gasteiger partial charge in [-0.1, -0.05) is 12.1 Å². The Kier molecular flexibility index (Phi) is 4.49. The summed E-state index contributed by atoms with van der Waals surface area (Å²) in [6, 6.07) is 6.11. The van der Waals surface area contributed by atoms with E-state index in [2.05, 4.69) is 15.1 Å². The van der Waals surface area contributed by atoms with Gasteiger partial charge in [0.2, 0.25) is 11.8 Å². The summed E-state index contributed by atoms with van der Waals surface area (Å²) in [6.07, 6.45) is 1.26. The van der Waals surface area contributed by atoms with Crippen LogP contribution >= 0.6 is 0 Å². The number of likely N-dealkylation sites (tertiary alicyclic amines) is 1. The zero-order valence-electron chi connectivity index (χ0n) is 12.6. The van der Waals surface area contributed by atoms with Crippen molar-refractivity contribution < 1.29 is 13.9 Å². The lowest BCUT2D eigenvalue weighted by molar-refractivity contribution is 0.0543. The second kappa shape index (κ2) is 6.54. The van der Waals surface area contributed by atoms with Gasteiger partial charge in [-0.05, 0) is 49.5 Å². The minimum atomic E-state index is -0.534. The molecule has 0 radical (unpaired) electrons. The summed E-state index contributed by atoms with van der Waals surface area (Å²) in [7, 11) is 0. The highest BCUT2D eigenvalue weighted by Gasteiger charge is 2.26. The van der Waals surface area contributed by atoms with Gasteiger partial charge in [0.15, 0.2) is 0 Å². The first-order chi connectivity index (χ1) is 10.6. The maximum Gasteiger partial charge on any atom is 0.230 e. The van der Waals surface area contributed by atoms with Gasteiger partial charge in [-0.2, -0.15) is 0 Å². The zero-order chi connectivity index (χ0) is 15.5. The molecule has 6 heteroatoms. The summed E-state index contributed by atoms with van der Waals surface area (Å²) in [5.41, 5.74) is 0.785. The first kappa shape index (κ1) is 15.1. The fraction of sp³-hybridized carbons (Fsp3) is 0.500. The number of halogens is 1. The fourth-order valence-electron chi connectivity index (χ4n) is 2.95. The molecule has 0 amide bonds. The first-order valence-electron chi connectivity index (χ1n) is 7.56. The predicted molar refractivity (Wildman–Crippen MR) is 78.4 cm³/mol. The number of benzene rings is 1. The molecule has 1 atom stereocenters. The van der Waals surface area contributed by atoms with E-state index in [1.807, 2.05) is 0 Å². The number of piperidine rings is 1. The summed E-state index contributed by atoms with van der Waals surface area (Å²) >= 11 is 0. The average molecular weight is 305 g/mol. The van der Waals surface area contributed by atoms with Crippen molar-refractivity contribution in [2.24, 2.45) is 5.92 Å². The minimum Gasteiger partial charge on any atom is -0.424 e. The molecule has 118 valence electrons. The van der Waals surface area contributed by atoms with Crippen LogP contribution in [0.5, 0.6) is 0 Å². The van der Waals surface area contributed by atoms with Gasteiger partial charge < -0.3 is 9.52 Å². The van der Waals surface area contributed by atoms with E-state index in [-0.39, 0.29) is 11.7 Å². The topological polar surface area (TPSA) is 62.4 Å². The molecule has 1 aromatic carbocycles. The van der Waals surface area contributed by atoms with Crippen LogP contribution in [-0.4, -0.2) is 33.3 Å². The molecule has 0 saturated carbocycles. The van der Waals surface area contributed by atoms with Gasteiger partial charge in [-0.3, -0.25) is 4.90 Å². The maximum absolute atomic E-state index is 12.9. The summed E-state index contributed by atoms with van der Waals surface area (Å²) in [5.74, 6) is 1.14. The first-order valence-corrected chi connectivity index (χ1v) is 7.56. The van der Waals surface area contributed by atoms with Crippen LogP contribution in [0.2, 0.25) is 0 Å². The lowest BCUT2D eigenvalue weighted by atomic mass is 9.87. The van der Waals surface area contributed by atoms with E-state index in [0.29, 0.717) is 18.3 Å². The fourth-order valence-corrected chi connectivity index (χ4v) is 2.95. The molecule has 2 aromatic rings. The molecule has 1 unspecified atom stereocenters. The number of nitrogens with zero attached hydrogens (tertiary/aromatic N) is 3. The van der Waals surface area contributed by atoms with Gasteiger partial charge in [0.05, 0.1) is 12.6 Å². The SMILES string of the molecule is Cc1nnc(CN2CCC(C(O)c3ccc(F)cc3)CC2)o1. The second-order valence-corrected chi connectivity index (χ2v) is 5.82. The van der Waals surface area contributed by atoms with E-state index in [1.165, 1.54) is 12.1 Å². The van der Waals surface area contributed by atoms with Crippen LogP contribution in [0, 0.1) is 18.7 Å². The Balaban J connectivity index is 1.53. The summed E-state index contributed by atoms with van der Waals surface area (Å²) in [4.78, 5) is 2.25. The normalized spacial score (nSPS) is 18.5. The van der Waals surface area contributed by atoms with E-state index in [9.17, 15) is 9.50 Å². The number of aryl methyl sites for hydroxylation is 1. The molecule has 0 aliphatic carbocycles. The molecule has 2 heterocycles. The minimum absolute atomic E-state index is 0.200. The molecule has 1 N–H and O–H groups in total. The van der Waals surface area contributed by atoms with Gasteiger partial charge in [-0.15, -0.1) is 10.2 Å². The van der Waals surface area contributed by atoms with Crippen LogP contribution in [0.3, 0.4) is 0 Å². The molecule has 1 saturated heterocycles. The lowest BCUT2D eigenvalue weighted by Crippen LogP contribution is -2.35. The maximum atomic E-state index is 12.9. The Morgan fingerprint density at radius 2 is 1.95 bits per heavy atom. The molecular formula is C16H20FN3O2. The van der Waals surface area contributed by atoms with Crippen LogP contribution in [0.4, 0.5) is 4.39 Å². The standard InChI is InChI=1S/C16H20FN3O2/c1-11-18-19-15(22-11)10-20-8-6-13(7-9-20)16(21)12-2-4-14(17)5-3-12/h2-5,13,16,21H,6-10H2,1H3. The Hall–Kier alpha value is -1.79. The third kappa shape index (κ3) is 3.51. The molecule has 5 nitrogen and oxygen atoms in total. The Bertz CT molecular complexity index is 606. The smallest absolute Gasteiger partial charge is 0.230 e. The van der Waals surface area contributed by atoms with Gasteiger partial charge >= 0.3 is 0 Å². The molecule has 22 heavy (non-hydrogen) atoms. The number of aliphatic hydroxyl groups excluding tert-OH is 1. The van der Waals surface area contributed by atoms with Crippen LogP contribution in [0.25, 0.3) is 0 Å². The predicted octanol–water partition coefficient (Wildman–Crippen LogP) is 2.46. The number of aliphatic hydroxyl groups is 1. The molecule has 1 aliphatic heterocycles. The van der Waals surface area contributed by atoms with Crippen molar-refractivity contribution in [3.05, 3.63) is 47.4 Å². The van der Waals surface area contributed by atoms with Crippen LogP contribution in [-0.2, 0) is 6.54 Å². The molecule has 0 spiro atoms. The Morgan fingerprint density at radius 3 is 2.55 bits per heavy atom. The van der Waals surface area contributed by atoms with Crippen molar-refractivity contribution in [2.75, 3.05) is 13.1 Å². The molecule has 1 fully saturated rings. The number of rotatable bonds is 4. The van der Waals surface area contributed by atoms with Crippen LogP contribution in [0.15, 0.2) is 28.7 Å². The zero-order valence-corrected chi connectivity index (χ0v) is 12.6. The monoisotopic (exact) mass is 305 g/mol. The molecular weight excluding hydrogens is 285 g/mol. The molecule has 1 aromatic heterocycles. The largest absolute Gasteiger partial charge is 0.424 e. The van der Waals surface area contributed by atoms with Crippen molar-refractivity contribution in [1.29, 1.82) is 0 Å². The van der Waals surface area contributed by atoms with Gasteiger partial charge in [-0.25, -0.2) is 4.39 Å². The van der Waals surface area contributed by atoms with E-state index < -0.39 is 6.10 Å². The van der Waals surface area contributed by atoms with Crippen molar-refractivity contribution in [1.82, 2.24) is 15.1 Å². The lowest BCUT2D eigenvalue weighted by Gasteiger charge is -2.33. The molecule has 1 aliphatic rings. The van der Waals surface area contributed by atoms with Gasteiger partial charge in [0.1, 0.15) is 5.82 Å². The Labute approximate surface area is 128 Å². The van der Waals surface area contributed by atoms with E-state index >= 15 is 0 Å². The highest BCUT2D eigenvalue weighted by Crippen LogP contribution is 2.31. The summed E-state index contributed by atoms with van der Waals surface area (Å²) in [6.45, 7) is 4.19. The van der Waals surface area contributed by atoms with Crippen molar-refractivity contribution in [3.63, 3.8) is 0 Å². The van der Waals surface area contributed by atoms with Crippen LogP contribution < -0.4 is 0 Å². The number of hydrogen-bond donors (Lipinski definition) is 1. The molecule has 3 rings (SSSR count). The quantitative estimate of drug-likeness (QED) is 0.940. The van der Waals surface area contributed by atoms with Crippen molar-refractivity contribution in [3.8, 4) is 0 Å². The Morgan fingerprint density at radius 1 is 1.27 bits per heavy atom. The highest BCUT2D eigenvalue weighted by atomic mass is 19.1. The summed E-state index contributed by atoms with van der Waals surface area (Å²) in [5, 5.41) is 18.3. The molecule has 0 bridgehead atoms. The summed E-state index contributed by atoms with van der Waals surface area (Å²) < 4.78 is 18.3.